The minimum Gasteiger partial charge on any atom is -0.493 e. The number of methoxy groups -OCH3 is 1. The van der Waals surface area contributed by atoms with Gasteiger partial charge in [0.25, 0.3) is 11.8 Å². The molecule has 9 nitrogen and oxygen atoms in total. The van der Waals surface area contributed by atoms with E-state index < -0.39 is 28.0 Å². The fourth-order valence-electron chi connectivity index (χ4n) is 3.73. The molecule has 190 valence electrons. The fourth-order valence-corrected chi connectivity index (χ4v) is 4.67. The van der Waals surface area contributed by atoms with Gasteiger partial charge >= 0.3 is 16.1 Å². The third kappa shape index (κ3) is 5.10. The highest BCUT2D eigenvalue weighted by Crippen LogP contribution is 2.32. The second-order valence-electron chi connectivity index (χ2n) is 8.44. The van der Waals surface area contributed by atoms with Crippen LogP contribution in [0.5, 0.6) is 11.5 Å². The van der Waals surface area contributed by atoms with E-state index >= 15 is 0 Å². The van der Waals surface area contributed by atoms with Gasteiger partial charge in [-0.25, -0.2) is 9.69 Å². The first-order chi connectivity index (χ1) is 17.5. The Labute approximate surface area is 214 Å². The fraction of sp³-hybridized carbons (Fsp3) is 0.148. The molecule has 0 bridgehead atoms. The molecule has 1 fully saturated rings. The van der Waals surface area contributed by atoms with Gasteiger partial charge in [-0.2, -0.15) is 8.42 Å². The number of carbonyl (C=O) groups excluding carboxylic acids is 3. The number of aryl methyl sites for hydroxylation is 2. The molecule has 0 aromatic heterocycles. The number of carbonyl (C=O) groups is 3. The number of urea groups is 1. The van der Waals surface area contributed by atoms with Crippen molar-refractivity contribution in [3.63, 3.8) is 0 Å². The summed E-state index contributed by atoms with van der Waals surface area (Å²) in [6.45, 7) is 5.46. The van der Waals surface area contributed by atoms with Gasteiger partial charge in [-0.1, -0.05) is 35.9 Å². The number of hydrogen-bond acceptors (Lipinski definition) is 7. The van der Waals surface area contributed by atoms with Crippen LogP contribution in [0.2, 0.25) is 0 Å². The summed E-state index contributed by atoms with van der Waals surface area (Å²) < 4.78 is 36.0. The predicted molar refractivity (Wildman–Crippen MR) is 137 cm³/mol. The van der Waals surface area contributed by atoms with E-state index in [4.69, 9.17) is 8.92 Å². The number of hydrogen-bond donors (Lipinski definition) is 1. The zero-order chi connectivity index (χ0) is 26.9. The summed E-state index contributed by atoms with van der Waals surface area (Å²) in [5.41, 5.74) is 2.94. The Kier molecular flexibility index (Phi) is 6.86. The van der Waals surface area contributed by atoms with Crippen molar-refractivity contribution in [2.24, 2.45) is 0 Å². The largest absolute Gasteiger partial charge is 0.493 e. The van der Waals surface area contributed by atoms with E-state index in [1.807, 2.05) is 19.9 Å². The lowest BCUT2D eigenvalue weighted by atomic mass is 10.0. The van der Waals surface area contributed by atoms with Crippen molar-refractivity contribution in [2.75, 3.05) is 12.0 Å². The SMILES string of the molecule is COc1cc(/C=C2\C(=O)NC(=O)N(c3cccc(C)c3C)C2=O)ccc1OS(=O)(=O)c1ccc(C)cc1. The second kappa shape index (κ2) is 9.90. The summed E-state index contributed by atoms with van der Waals surface area (Å²) in [4.78, 5) is 39.2. The average Bonchev–Trinajstić information content (AvgIpc) is 2.85. The number of benzene rings is 3. The summed E-state index contributed by atoms with van der Waals surface area (Å²) in [6.07, 6.45) is 1.29. The maximum absolute atomic E-state index is 13.2. The highest BCUT2D eigenvalue weighted by atomic mass is 32.2. The van der Waals surface area contributed by atoms with Gasteiger partial charge in [0.1, 0.15) is 10.5 Å². The molecule has 3 aromatic carbocycles. The number of barbiturate groups is 1. The molecule has 10 heteroatoms. The molecule has 3 aromatic rings. The van der Waals surface area contributed by atoms with Crippen molar-refractivity contribution >= 4 is 39.7 Å². The number of imide groups is 2. The summed E-state index contributed by atoms with van der Waals surface area (Å²) in [6, 6.07) is 14.8. The van der Waals surface area contributed by atoms with Crippen LogP contribution in [0.25, 0.3) is 6.08 Å². The van der Waals surface area contributed by atoms with E-state index in [9.17, 15) is 22.8 Å². The molecule has 1 N–H and O–H groups in total. The number of nitrogens with zero attached hydrogens (tertiary/aromatic N) is 1. The summed E-state index contributed by atoms with van der Waals surface area (Å²) in [7, 11) is -2.80. The lowest BCUT2D eigenvalue weighted by Gasteiger charge is -2.28. The molecule has 0 atom stereocenters. The first kappa shape index (κ1) is 25.6. The van der Waals surface area contributed by atoms with Crippen LogP contribution in [0, 0.1) is 20.8 Å². The van der Waals surface area contributed by atoms with Gasteiger partial charge < -0.3 is 8.92 Å². The maximum atomic E-state index is 13.2. The Morgan fingerprint density at radius 3 is 2.27 bits per heavy atom. The van der Waals surface area contributed by atoms with Crippen LogP contribution in [0.15, 0.2) is 71.1 Å². The van der Waals surface area contributed by atoms with Gasteiger partial charge in [0, 0.05) is 0 Å². The molecule has 37 heavy (non-hydrogen) atoms. The zero-order valence-corrected chi connectivity index (χ0v) is 21.4. The standard InChI is InChI=1S/C27H24N2O7S/c1-16-8-11-20(12-9-16)37(33,34)36-23-13-10-19(15-24(23)35-4)14-21-25(30)28-27(32)29(26(21)31)22-7-5-6-17(2)18(22)3/h5-15H,1-4H3,(H,28,30,32)/b21-14+. The Balaban J connectivity index is 1.67. The number of amides is 4. The molecule has 1 heterocycles. The lowest BCUT2D eigenvalue weighted by Crippen LogP contribution is -2.54. The quantitative estimate of drug-likeness (QED) is 0.296. The third-order valence-electron chi connectivity index (χ3n) is 5.93. The summed E-state index contributed by atoms with van der Waals surface area (Å²) >= 11 is 0. The number of nitrogens with one attached hydrogen (secondary N) is 1. The van der Waals surface area contributed by atoms with Gasteiger partial charge in [-0.15, -0.1) is 0 Å². The van der Waals surface area contributed by atoms with Gasteiger partial charge in [0.15, 0.2) is 11.5 Å². The molecular weight excluding hydrogens is 496 g/mol. The number of anilines is 1. The van der Waals surface area contributed by atoms with E-state index in [0.717, 1.165) is 21.6 Å². The van der Waals surface area contributed by atoms with Crippen molar-refractivity contribution in [1.82, 2.24) is 5.32 Å². The summed E-state index contributed by atoms with van der Waals surface area (Å²) in [5.74, 6) is -1.64. The van der Waals surface area contributed by atoms with Crippen LogP contribution in [0.4, 0.5) is 10.5 Å². The van der Waals surface area contributed by atoms with E-state index in [0.29, 0.717) is 11.3 Å². The smallest absolute Gasteiger partial charge is 0.339 e. The topological polar surface area (TPSA) is 119 Å². The van der Waals surface area contributed by atoms with E-state index in [1.165, 1.54) is 43.5 Å². The minimum absolute atomic E-state index is 0.0213. The molecule has 1 aliphatic heterocycles. The van der Waals surface area contributed by atoms with E-state index in [-0.39, 0.29) is 22.0 Å². The first-order valence-electron chi connectivity index (χ1n) is 11.2. The van der Waals surface area contributed by atoms with Crippen molar-refractivity contribution in [1.29, 1.82) is 0 Å². The molecular formula is C27H24N2O7S. The molecule has 0 aliphatic carbocycles. The van der Waals surface area contributed by atoms with Gasteiger partial charge in [0.05, 0.1) is 12.8 Å². The van der Waals surface area contributed by atoms with Crippen LogP contribution in [0.3, 0.4) is 0 Å². The first-order valence-corrected chi connectivity index (χ1v) is 12.6. The Bertz CT molecular complexity index is 1560. The lowest BCUT2D eigenvalue weighted by molar-refractivity contribution is -0.122. The average molecular weight is 521 g/mol. The molecule has 0 spiro atoms. The Hall–Kier alpha value is -4.44. The number of ether oxygens (including phenoxy) is 1. The van der Waals surface area contributed by atoms with Crippen LogP contribution in [-0.2, 0) is 19.7 Å². The normalized spacial score (nSPS) is 15.1. The zero-order valence-electron chi connectivity index (χ0n) is 20.6. The van der Waals surface area contributed by atoms with Crippen LogP contribution < -0.4 is 19.1 Å². The van der Waals surface area contributed by atoms with Crippen LogP contribution >= 0.6 is 0 Å². The van der Waals surface area contributed by atoms with E-state index in [1.54, 1.807) is 31.2 Å². The van der Waals surface area contributed by atoms with Gasteiger partial charge in [-0.3, -0.25) is 14.9 Å². The minimum atomic E-state index is -4.13. The predicted octanol–water partition coefficient (Wildman–Crippen LogP) is 4.05. The van der Waals surface area contributed by atoms with Crippen molar-refractivity contribution in [3.8, 4) is 11.5 Å². The van der Waals surface area contributed by atoms with Crippen molar-refractivity contribution in [3.05, 3.63) is 88.5 Å². The molecule has 0 unspecified atom stereocenters. The Morgan fingerprint density at radius 2 is 1.59 bits per heavy atom. The van der Waals surface area contributed by atoms with E-state index in [2.05, 4.69) is 5.32 Å². The molecule has 0 saturated carbocycles. The maximum Gasteiger partial charge on any atom is 0.339 e. The molecule has 4 amide bonds. The number of rotatable bonds is 6. The second-order valence-corrected chi connectivity index (χ2v) is 9.98. The van der Waals surface area contributed by atoms with Crippen LogP contribution in [0.1, 0.15) is 22.3 Å². The van der Waals surface area contributed by atoms with Crippen LogP contribution in [-0.4, -0.2) is 33.4 Å². The Morgan fingerprint density at radius 1 is 0.892 bits per heavy atom. The third-order valence-corrected chi connectivity index (χ3v) is 7.17. The summed E-state index contributed by atoms with van der Waals surface area (Å²) in [5, 5.41) is 2.19. The highest BCUT2D eigenvalue weighted by molar-refractivity contribution is 7.87. The molecule has 1 aliphatic rings. The van der Waals surface area contributed by atoms with Gasteiger partial charge in [0.2, 0.25) is 0 Å². The van der Waals surface area contributed by atoms with Gasteiger partial charge in [-0.05, 0) is 73.9 Å². The van der Waals surface area contributed by atoms with Crippen molar-refractivity contribution < 1.29 is 31.7 Å². The molecule has 1 saturated heterocycles. The molecule has 4 rings (SSSR count). The monoisotopic (exact) mass is 520 g/mol. The van der Waals surface area contributed by atoms with Crippen molar-refractivity contribution in [2.45, 2.75) is 25.7 Å². The molecule has 0 radical (unpaired) electrons. The highest BCUT2D eigenvalue weighted by Gasteiger charge is 2.37.